The van der Waals surface area contributed by atoms with Gasteiger partial charge in [-0.1, -0.05) is 40.5 Å². The van der Waals surface area contributed by atoms with Crippen LogP contribution in [0.25, 0.3) is 0 Å². The molecular weight excluding hydrogens is 248 g/mol. The molecule has 1 aliphatic carbocycles. The summed E-state index contributed by atoms with van der Waals surface area (Å²) in [6, 6.07) is 0.390. The number of hydrogen-bond donors (Lipinski definition) is 2. The molecule has 0 saturated heterocycles. The predicted octanol–water partition coefficient (Wildman–Crippen LogP) is 3.47. The molecule has 0 spiro atoms. The Labute approximate surface area is 125 Å². The van der Waals surface area contributed by atoms with Crippen LogP contribution in [0.2, 0.25) is 0 Å². The molecule has 1 amide bonds. The molecule has 1 aliphatic rings. The third kappa shape index (κ3) is 5.08. The lowest BCUT2D eigenvalue weighted by molar-refractivity contribution is -0.123. The number of nitrogens with two attached hydrogens (primary N) is 1. The molecule has 1 fully saturated rings. The van der Waals surface area contributed by atoms with E-state index >= 15 is 0 Å². The van der Waals surface area contributed by atoms with Crippen molar-refractivity contribution in [1.29, 1.82) is 0 Å². The summed E-state index contributed by atoms with van der Waals surface area (Å²) in [6.07, 6.45) is 7.59. The zero-order valence-corrected chi connectivity index (χ0v) is 13.9. The molecule has 3 heteroatoms. The van der Waals surface area contributed by atoms with E-state index in [1.54, 1.807) is 0 Å². The average molecular weight is 282 g/mol. The van der Waals surface area contributed by atoms with Gasteiger partial charge >= 0.3 is 0 Å². The zero-order valence-electron chi connectivity index (χ0n) is 13.9. The van der Waals surface area contributed by atoms with E-state index in [4.69, 9.17) is 5.73 Å². The van der Waals surface area contributed by atoms with Gasteiger partial charge in [-0.05, 0) is 49.5 Å². The van der Waals surface area contributed by atoms with Gasteiger partial charge in [0.2, 0.25) is 5.91 Å². The van der Waals surface area contributed by atoms with Gasteiger partial charge in [0.05, 0.1) is 0 Å². The van der Waals surface area contributed by atoms with E-state index in [1.165, 1.54) is 19.3 Å². The molecule has 3 N–H and O–H groups in total. The van der Waals surface area contributed by atoms with Gasteiger partial charge in [-0.2, -0.15) is 0 Å². The molecule has 1 atom stereocenters. The second kappa shape index (κ2) is 8.02. The van der Waals surface area contributed by atoms with Crippen molar-refractivity contribution in [2.24, 2.45) is 23.0 Å². The van der Waals surface area contributed by atoms with Crippen LogP contribution in [-0.4, -0.2) is 18.5 Å². The highest BCUT2D eigenvalue weighted by Gasteiger charge is 2.32. The van der Waals surface area contributed by atoms with Crippen LogP contribution in [0, 0.1) is 17.3 Å². The first-order valence-electron chi connectivity index (χ1n) is 8.42. The second-order valence-corrected chi connectivity index (χ2v) is 7.17. The van der Waals surface area contributed by atoms with Crippen molar-refractivity contribution in [3.8, 4) is 0 Å². The first kappa shape index (κ1) is 17.5. The largest absolute Gasteiger partial charge is 0.353 e. The summed E-state index contributed by atoms with van der Waals surface area (Å²) < 4.78 is 0. The minimum atomic E-state index is 0.195. The smallest absolute Gasteiger partial charge is 0.220 e. The third-order valence-corrected chi connectivity index (χ3v) is 5.49. The Morgan fingerprint density at radius 1 is 1.25 bits per heavy atom. The highest BCUT2D eigenvalue weighted by molar-refractivity contribution is 5.76. The Balaban J connectivity index is 2.34. The minimum absolute atomic E-state index is 0.195. The summed E-state index contributed by atoms with van der Waals surface area (Å²) in [6.45, 7) is 9.75. The first-order valence-corrected chi connectivity index (χ1v) is 8.42. The SMILES string of the molecule is CCC(CN)CC(=O)NC1CCC(C(C)(C)CC)CC1. The molecule has 20 heavy (non-hydrogen) atoms. The fraction of sp³-hybridized carbons (Fsp3) is 0.941. The predicted molar refractivity (Wildman–Crippen MR) is 85.4 cm³/mol. The van der Waals surface area contributed by atoms with Gasteiger partial charge in [0, 0.05) is 12.5 Å². The van der Waals surface area contributed by atoms with Crippen molar-refractivity contribution in [1.82, 2.24) is 5.32 Å². The van der Waals surface area contributed by atoms with E-state index in [1.807, 2.05) is 0 Å². The van der Waals surface area contributed by atoms with E-state index in [0.29, 0.717) is 30.3 Å². The van der Waals surface area contributed by atoms with Crippen LogP contribution in [0.3, 0.4) is 0 Å². The van der Waals surface area contributed by atoms with E-state index < -0.39 is 0 Å². The van der Waals surface area contributed by atoms with E-state index in [2.05, 4.69) is 33.0 Å². The molecule has 0 aromatic rings. The Bertz CT molecular complexity index is 289. The van der Waals surface area contributed by atoms with Gasteiger partial charge in [0.1, 0.15) is 0 Å². The number of hydrogen-bond acceptors (Lipinski definition) is 2. The quantitative estimate of drug-likeness (QED) is 0.751. The Morgan fingerprint density at radius 3 is 2.30 bits per heavy atom. The molecule has 0 aromatic carbocycles. The fourth-order valence-electron chi connectivity index (χ4n) is 3.25. The van der Waals surface area contributed by atoms with Crippen LogP contribution < -0.4 is 11.1 Å². The van der Waals surface area contributed by atoms with Crippen molar-refractivity contribution >= 4 is 5.91 Å². The molecule has 0 heterocycles. The topological polar surface area (TPSA) is 55.1 Å². The lowest BCUT2D eigenvalue weighted by atomic mass is 9.69. The summed E-state index contributed by atoms with van der Waals surface area (Å²) in [7, 11) is 0. The van der Waals surface area contributed by atoms with Crippen molar-refractivity contribution < 1.29 is 4.79 Å². The first-order chi connectivity index (χ1) is 9.42. The van der Waals surface area contributed by atoms with Crippen LogP contribution in [0.1, 0.15) is 72.6 Å². The van der Waals surface area contributed by atoms with Gasteiger partial charge < -0.3 is 11.1 Å². The van der Waals surface area contributed by atoms with Gasteiger partial charge in [0.15, 0.2) is 0 Å². The molecule has 1 rings (SSSR count). The maximum atomic E-state index is 12.0. The Kier molecular flexibility index (Phi) is 7.01. The normalized spacial score (nSPS) is 25.2. The van der Waals surface area contributed by atoms with Crippen LogP contribution in [-0.2, 0) is 4.79 Å². The standard InChI is InChI=1S/C17H34N2O/c1-5-13(12-18)11-16(20)19-15-9-7-14(8-10-15)17(3,4)6-2/h13-15H,5-12,18H2,1-4H3,(H,19,20). The molecular formula is C17H34N2O. The summed E-state index contributed by atoms with van der Waals surface area (Å²) in [5, 5.41) is 3.21. The van der Waals surface area contributed by atoms with Gasteiger partial charge in [-0.3, -0.25) is 4.79 Å². The van der Waals surface area contributed by atoms with Crippen molar-refractivity contribution in [3.05, 3.63) is 0 Å². The maximum Gasteiger partial charge on any atom is 0.220 e. The molecule has 3 nitrogen and oxygen atoms in total. The van der Waals surface area contributed by atoms with E-state index in [0.717, 1.165) is 25.2 Å². The van der Waals surface area contributed by atoms with Crippen molar-refractivity contribution in [2.75, 3.05) is 6.54 Å². The van der Waals surface area contributed by atoms with Crippen LogP contribution >= 0.6 is 0 Å². The lowest BCUT2D eigenvalue weighted by Crippen LogP contribution is -2.40. The molecule has 0 aliphatic heterocycles. The zero-order chi connectivity index (χ0) is 15.2. The highest BCUT2D eigenvalue weighted by Crippen LogP contribution is 2.40. The van der Waals surface area contributed by atoms with Crippen LogP contribution in [0.5, 0.6) is 0 Å². The van der Waals surface area contributed by atoms with E-state index in [9.17, 15) is 4.79 Å². The van der Waals surface area contributed by atoms with Crippen molar-refractivity contribution in [3.63, 3.8) is 0 Å². The van der Waals surface area contributed by atoms with Crippen LogP contribution in [0.4, 0.5) is 0 Å². The van der Waals surface area contributed by atoms with Gasteiger partial charge in [-0.15, -0.1) is 0 Å². The van der Waals surface area contributed by atoms with Gasteiger partial charge in [-0.25, -0.2) is 0 Å². The van der Waals surface area contributed by atoms with Gasteiger partial charge in [0.25, 0.3) is 0 Å². The molecule has 0 radical (unpaired) electrons. The summed E-state index contributed by atoms with van der Waals surface area (Å²) in [5.74, 6) is 1.35. The molecule has 118 valence electrons. The molecule has 0 bridgehead atoms. The number of rotatable bonds is 7. The molecule has 0 aromatic heterocycles. The molecule has 1 saturated carbocycles. The third-order valence-electron chi connectivity index (χ3n) is 5.49. The maximum absolute atomic E-state index is 12.0. The Hall–Kier alpha value is -0.570. The number of carbonyl (C=O) groups excluding carboxylic acids is 1. The summed E-state index contributed by atoms with van der Waals surface area (Å²) >= 11 is 0. The average Bonchev–Trinajstić information content (AvgIpc) is 2.45. The van der Waals surface area contributed by atoms with Crippen molar-refractivity contribution in [2.45, 2.75) is 78.7 Å². The number of nitrogens with one attached hydrogen (secondary N) is 1. The van der Waals surface area contributed by atoms with E-state index in [-0.39, 0.29) is 5.91 Å². The number of amides is 1. The highest BCUT2D eigenvalue weighted by atomic mass is 16.1. The monoisotopic (exact) mass is 282 g/mol. The second-order valence-electron chi connectivity index (χ2n) is 7.17. The summed E-state index contributed by atoms with van der Waals surface area (Å²) in [4.78, 5) is 12.0. The Morgan fingerprint density at radius 2 is 1.85 bits per heavy atom. The molecule has 1 unspecified atom stereocenters. The number of carbonyl (C=O) groups is 1. The summed E-state index contributed by atoms with van der Waals surface area (Å²) in [5.41, 5.74) is 6.11. The lowest BCUT2D eigenvalue weighted by Gasteiger charge is -2.39. The minimum Gasteiger partial charge on any atom is -0.353 e. The fourth-order valence-corrected chi connectivity index (χ4v) is 3.25. The van der Waals surface area contributed by atoms with Crippen LogP contribution in [0.15, 0.2) is 0 Å².